The summed E-state index contributed by atoms with van der Waals surface area (Å²) in [6.45, 7) is 1.31. The van der Waals surface area contributed by atoms with E-state index < -0.39 is 0 Å². The Bertz CT molecular complexity index is 1360. The molecule has 5 aromatic rings. The van der Waals surface area contributed by atoms with Crippen molar-refractivity contribution >= 4 is 56.2 Å². The van der Waals surface area contributed by atoms with Gasteiger partial charge in [-0.3, -0.25) is 4.98 Å². The summed E-state index contributed by atoms with van der Waals surface area (Å²) in [5.41, 5.74) is 4.64. The number of pyridine rings is 1. The maximum absolute atomic E-state index is 14.3. The number of aromatic nitrogens is 5. The third-order valence-corrected chi connectivity index (χ3v) is 6.57. The molecule has 0 saturated heterocycles. The van der Waals surface area contributed by atoms with Gasteiger partial charge in [0.2, 0.25) is 0 Å². The van der Waals surface area contributed by atoms with Crippen LogP contribution in [0, 0.1) is 13.0 Å². The van der Waals surface area contributed by atoms with Crippen molar-refractivity contribution in [3.63, 3.8) is 0 Å². The number of hydrogen-bond donors (Lipinski definition) is 0. The predicted octanol–water partition coefficient (Wildman–Crippen LogP) is 5.74. The highest BCUT2D eigenvalue weighted by molar-refractivity contribution is 14.1. The Morgan fingerprint density at radius 1 is 0.903 bits per heavy atom. The first-order chi connectivity index (χ1) is 15.1. The zero-order chi connectivity index (χ0) is 21.4. The first-order valence-electron chi connectivity index (χ1n) is 9.56. The SMILES string of the molecule is Fc1cc2nc(-c3cncc(Cn4ccnc4)c3)n(Cc3ccc(I)cc3)c2cc1I. The normalized spacial score (nSPS) is 11.3. The number of halogens is 3. The molecule has 0 radical (unpaired) electrons. The van der Waals surface area contributed by atoms with Crippen molar-refractivity contribution in [2.24, 2.45) is 0 Å². The summed E-state index contributed by atoms with van der Waals surface area (Å²) in [5, 5.41) is 0. The molecule has 0 saturated carbocycles. The zero-order valence-electron chi connectivity index (χ0n) is 16.2. The average molecular weight is 635 g/mol. The van der Waals surface area contributed by atoms with Crippen molar-refractivity contribution in [1.29, 1.82) is 0 Å². The lowest BCUT2D eigenvalue weighted by molar-refractivity contribution is 0.622. The van der Waals surface area contributed by atoms with Crippen molar-refractivity contribution in [2.75, 3.05) is 0 Å². The zero-order valence-corrected chi connectivity index (χ0v) is 20.5. The molecule has 5 nitrogen and oxygen atoms in total. The van der Waals surface area contributed by atoms with Crippen molar-refractivity contribution < 1.29 is 4.39 Å². The van der Waals surface area contributed by atoms with Crippen LogP contribution < -0.4 is 0 Å². The molecule has 0 atom stereocenters. The lowest BCUT2D eigenvalue weighted by Crippen LogP contribution is -2.04. The molecular weight excluding hydrogens is 619 g/mol. The van der Waals surface area contributed by atoms with E-state index in [0.717, 1.165) is 28.0 Å². The van der Waals surface area contributed by atoms with Crippen molar-refractivity contribution in [2.45, 2.75) is 13.1 Å². The summed E-state index contributed by atoms with van der Waals surface area (Å²) in [6, 6.07) is 13.8. The second-order valence-electron chi connectivity index (χ2n) is 7.22. The van der Waals surface area contributed by atoms with Gasteiger partial charge in [-0.25, -0.2) is 14.4 Å². The lowest BCUT2D eigenvalue weighted by atomic mass is 10.1. The van der Waals surface area contributed by atoms with Crippen LogP contribution in [0.1, 0.15) is 11.1 Å². The van der Waals surface area contributed by atoms with Crippen LogP contribution in [-0.4, -0.2) is 24.1 Å². The summed E-state index contributed by atoms with van der Waals surface area (Å²) < 4.78 is 20.2. The molecule has 0 aliphatic heterocycles. The third kappa shape index (κ3) is 4.36. The van der Waals surface area contributed by atoms with Gasteiger partial charge in [-0.2, -0.15) is 0 Å². The summed E-state index contributed by atoms with van der Waals surface area (Å²) in [6.07, 6.45) is 9.11. The van der Waals surface area contributed by atoms with Crippen molar-refractivity contribution in [3.8, 4) is 11.4 Å². The highest BCUT2D eigenvalue weighted by atomic mass is 127. The molecule has 3 aromatic heterocycles. The van der Waals surface area contributed by atoms with Gasteiger partial charge in [0.25, 0.3) is 0 Å². The second kappa shape index (κ2) is 8.65. The Morgan fingerprint density at radius 2 is 1.74 bits per heavy atom. The minimum absolute atomic E-state index is 0.259. The lowest BCUT2D eigenvalue weighted by Gasteiger charge is -2.11. The van der Waals surface area contributed by atoms with Crippen LogP contribution in [0.15, 0.2) is 73.6 Å². The highest BCUT2D eigenvalue weighted by Crippen LogP contribution is 2.29. The van der Waals surface area contributed by atoms with Gasteiger partial charge in [-0.1, -0.05) is 12.1 Å². The minimum Gasteiger partial charge on any atom is -0.333 e. The fourth-order valence-electron chi connectivity index (χ4n) is 3.56. The number of imidazole rings is 2. The smallest absolute Gasteiger partial charge is 0.143 e. The van der Waals surface area contributed by atoms with E-state index in [-0.39, 0.29) is 5.82 Å². The molecule has 5 rings (SSSR count). The van der Waals surface area contributed by atoms with Crippen LogP contribution in [0.3, 0.4) is 0 Å². The predicted molar refractivity (Wildman–Crippen MR) is 135 cm³/mol. The Kier molecular flexibility index (Phi) is 5.74. The van der Waals surface area contributed by atoms with Gasteiger partial charge in [-0.15, -0.1) is 0 Å². The quantitative estimate of drug-likeness (QED) is 0.232. The van der Waals surface area contributed by atoms with E-state index in [4.69, 9.17) is 4.98 Å². The van der Waals surface area contributed by atoms with Crippen molar-refractivity contribution in [3.05, 3.63) is 97.7 Å². The van der Waals surface area contributed by atoms with E-state index in [9.17, 15) is 4.39 Å². The van der Waals surface area contributed by atoms with Crippen LogP contribution in [0.2, 0.25) is 0 Å². The topological polar surface area (TPSA) is 48.5 Å². The highest BCUT2D eigenvalue weighted by Gasteiger charge is 2.16. The average Bonchev–Trinajstić information content (AvgIpc) is 3.39. The number of rotatable bonds is 5. The fourth-order valence-corrected chi connectivity index (χ4v) is 4.37. The van der Waals surface area contributed by atoms with E-state index in [0.29, 0.717) is 22.2 Å². The maximum Gasteiger partial charge on any atom is 0.143 e. The van der Waals surface area contributed by atoms with Crippen LogP contribution in [0.5, 0.6) is 0 Å². The van der Waals surface area contributed by atoms with E-state index in [2.05, 4.69) is 67.5 Å². The first kappa shape index (κ1) is 20.6. The van der Waals surface area contributed by atoms with Crippen molar-refractivity contribution in [1.82, 2.24) is 24.1 Å². The monoisotopic (exact) mass is 635 g/mol. The number of nitrogens with zero attached hydrogens (tertiary/aromatic N) is 5. The van der Waals surface area contributed by atoms with E-state index in [1.165, 1.54) is 9.64 Å². The van der Waals surface area contributed by atoms with Gasteiger partial charge in [0, 0.05) is 46.5 Å². The molecule has 0 N–H and O–H groups in total. The Morgan fingerprint density at radius 3 is 2.52 bits per heavy atom. The van der Waals surface area contributed by atoms with Gasteiger partial charge in [-0.05, 0) is 80.6 Å². The summed E-state index contributed by atoms with van der Waals surface area (Å²) >= 11 is 4.33. The van der Waals surface area contributed by atoms with Crippen LogP contribution in [0.25, 0.3) is 22.4 Å². The molecule has 0 spiro atoms. The molecule has 0 bridgehead atoms. The molecule has 3 heterocycles. The van der Waals surface area contributed by atoms with Gasteiger partial charge < -0.3 is 9.13 Å². The molecule has 31 heavy (non-hydrogen) atoms. The van der Waals surface area contributed by atoms with E-state index in [1.807, 2.05) is 51.8 Å². The Balaban J connectivity index is 1.63. The summed E-state index contributed by atoms with van der Waals surface area (Å²) in [5.74, 6) is 0.514. The Hall–Kier alpha value is -2.34. The van der Waals surface area contributed by atoms with Gasteiger partial charge >= 0.3 is 0 Å². The molecule has 2 aromatic carbocycles. The summed E-state index contributed by atoms with van der Waals surface area (Å²) in [7, 11) is 0. The third-order valence-electron chi connectivity index (χ3n) is 5.02. The van der Waals surface area contributed by atoms with Gasteiger partial charge in [0.05, 0.1) is 27.5 Å². The second-order valence-corrected chi connectivity index (χ2v) is 9.63. The van der Waals surface area contributed by atoms with Gasteiger partial charge in [0.1, 0.15) is 11.6 Å². The molecule has 8 heteroatoms. The number of fused-ring (bicyclic) bond motifs is 1. The number of hydrogen-bond acceptors (Lipinski definition) is 3. The van der Waals surface area contributed by atoms with E-state index in [1.54, 1.807) is 12.5 Å². The van der Waals surface area contributed by atoms with Crippen LogP contribution in [-0.2, 0) is 13.1 Å². The standard InChI is InChI=1S/C23H16FI2N5/c24-19-8-21-22(9-20(19)26)31(13-15-1-3-18(25)4-2-15)23(29-21)17-7-16(10-28-11-17)12-30-6-5-27-14-30/h1-11,14H,12-13H2. The minimum atomic E-state index is -0.259. The number of benzene rings is 2. The molecule has 0 unspecified atom stereocenters. The molecule has 0 aliphatic carbocycles. The molecular formula is C23H16FI2N5. The molecule has 154 valence electrons. The summed E-state index contributed by atoms with van der Waals surface area (Å²) in [4.78, 5) is 13.3. The maximum atomic E-state index is 14.3. The largest absolute Gasteiger partial charge is 0.333 e. The Labute approximate surface area is 205 Å². The molecule has 0 fully saturated rings. The fraction of sp³-hybridized carbons (Fsp3) is 0.0870. The van der Waals surface area contributed by atoms with Crippen LogP contribution in [0.4, 0.5) is 4.39 Å². The molecule has 0 amide bonds. The first-order valence-corrected chi connectivity index (χ1v) is 11.7. The van der Waals surface area contributed by atoms with Gasteiger partial charge in [0.15, 0.2) is 0 Å². The van der Waals surface area contributed by atoms with E-state index >= 15 is 0 Å². The molecule has 0 aliphatic rings. The van der Waals surface area contributed by atoms with Crippen LogP contribution >= 0.6 is 45.2 Å².